The number of carbonyl (C=O) groups excluding carboxylic acids is 1. The van der Waals surface area contributed by atoms with Gasteiger partial charge < -0.3 is 9.80 Å². The zero-order valence-corrected chi connectivity index (χ0v) is 14.1. The average molecular weight is 324 g/mol. The Morgan fingerprint density at radius 3 is 2.38 bits per heavy atom. The van der Waals surface area contributed by atoms with E-state index in [2.05, 4.69) is 14.8 Å². The minimum absolute atomic E-state index is 0.162. The van der Waals surface area contributed by atoms with Gasteiger partial charge in [0.05, 0.1) is 6.54 Å². The van der Waals surface area contributed by atoms with Gasteiger partial charge in [-0.2, -0.15) is 0 Å². The monoisotopic (exact) mass is 324 g/mol. The van der Waals surface area contributed by atoms with Crippen LogP contribution >= 0.6 is 0 Å². The summed E-state index contributed by atoms with van der Waals surface area (Å²) in [7, 11) is 0. The van der Waals surface area contributed by atoms with E-state index in [1.807, 2.05) is 66.6 Å². The summed E-state index contributed by atoms with van der Waals surface area (Å²) in [6, 6.07) is 15.9. The quantitative estimate of drug-likeness (QED) is 0.846. The molecule has 1 fully saturated rings. The van der Waals surface area contributed by atoms with E-state index in [4.69, 9.17) is 0 Å². The lowest BCUT2D eigenvalue weighted by Crippen LogP contribution is -2.50. The van der Waals surface area contributed by atoms with Crippen LogP contribution in [0.2, 0.25) is 0 Å². The zero-order valence-electron chi connectivity index (χ0n) is 14.1. The number of piperazine rings is 1. The van der Waals surface area contributed by atoms with E-state index in [-0.39, 0.29) is 5.91 Å². The lowest BCUT2D eigenvalue weighted by molar-refractivity contribution is -0.119. The second kappa shape index (κ2) is 7.93. The molecular weight excluding hydrogens is 300 g/mol. The summed E-state index contributed by atoms with van der Waals surface area (Å²) in [4.78, 5) is 23.4. The third kappa shape index (κ3) is 3.92. The average Bonchev–Trinajstić information content (AvgIpc) is 2.64. The molecule has 2 heterocycles. The van der Waals surface area contributed by atoms with Crippen LogP contribution in [0.5, 0.6) is 0 Å². The molecule has 1 aliphatic rings. The smallest absolute Gasteiger partial charge is 0.241 e. The summed E-state index contributed by atoms with van der Waals surface area (Å²) in [6.07, 6.45) is 1.82. The summed E-state index contributed by atoms with van der Waals surface area (Å²) in [5.74, 6) is 1.18. The Morgan fingerprint density at radius 2 is 1.75 bits per heavy atom. The van der Waals surface area contributed by atoms with Gasteiger partial charge in [0, 0.05) is 44.6 Å². The van der Waals surface area contributed by atoms with E-state index in [1.54, 1.807) is 0 Å². The van der Waals surface area contributed by atoms with Crippen LogP contribution in [-0.2, 0) is 4.79 Å². The number of likely N-dealkylation sites (N-methyl/N-ethyl adjacent to an activating group) is 1. The summed E-state index contributed by atoms with van der Waals surface area (Å²) in [5.41, 5.74) is 0.970. The Hall–Kier alpha value is -2.40. The number of aromatic nitrogens is 1. The van der Waals surface area contributed by atoms with Crippen LogP contribution in [0.1, 0.15) is 6.92 Å². The Labute approximate surface area is 143 Å². The summed E-state index contributed by atoms with van der Waals surface area (Å²) in [6.45, 7) is 6.76. The van der Waals surface area contributed by atoms with Gasteiger partial charge in [0.25, 0.3) is 0 Å². The van der Waals surface area contributed by atoms with Crippen molar-refractivity contribution in [2.45, 2.75) is 6.92 Å². The molecule has 0 aliphatic carbocycles. The van der Waals surface area contributed by atoms with Crippen LogP contribution in [0, 0.1) is 0 Å². The van der Waals surface area contributed by atoms with E-state index in [0.717, 1.165) is 37.7 Å². The second-order valence-corrected chi connectivity index (χ2v) is 5.92. The molecule has 2 aromatic rings. The number of carbonyl (C=O) groups is 1. The standard InChI is InChI=1S/C19H24N4O/c1-2-23(17-8-4-3-5-9-17)19(24)16-21-12-14-22(15-13-21)18-10-6-7-11-20-18/h3-11H,2,12-16H2,1H3. The zero-order chi connectivity index (χ0) is 16.8. The van der Waals surface area contributed by atoms with Gasteiger partial charge in [-0.25, -0.2) is 4.98 Å². The molecule has 0 N–H and O–H groups in total. The summed E-state index contributed by atoms with van der Waals surface area (Å²) < 4.78 is 0. The number of hydrogen-bond donors (Lipinski definition) is 0. The molecule has 0 bridgehead atoms. The van der Waals surface area contributed by atoms with Crippen molar-refractivity contribution in [1.82, 2.24) is 9.88 Å². The molecular formula is C19H24N4O. The van der Waals surface area contributed by atoms with Gasteiger partial charge >= 0.3 is 0 Å². The molecule has 1 aliphatic heterocycles. The van der Waals surface area contributed by atoms with Crippen molar-refractivity contribution in [3.8, 4) is 0 Å². The molecule has 0 spiro atoms. The number of para-hydroxylation sites is 1. The maximum Gasteiger partial charge on any atom is 0.241 e. The normalized spacial score (nSPS) is 15.3. The van der Waals surface area contributed by atoms with E-state index in [9.17, 15) is 4.79 Å². The number of anilines is 2. The van der Waals surface area contributed by atoms with Gasteiger partial charge in [-0.05, 0) is 31.2 Å². The maximum absolute atomic E-state index is 12.7. The van der Waals surface area contributed by atoms with Gasteiger partial charge in [0.1, 0.15) is 5.82 Å². The highest BCUT2D eigenvalue weighted by Crippen LogP contribution is 2.15. The first-order valence-corrected chi connectivity index (χ1v) is 8.51. The third-order valence-corrected chi connectivity index (χ3v) is 4.39. The fourth-order valence-electron chi connectivity index (χ4n) is 3.06. The molecule has 126 valence electrons. The summed E-state index contributed by atoms with van der Waals surface area (Å²) >= 11 is 0. The fraction of sp³-hybridized carbons (Fsp3) is 0.368. The highest BCUT2D eigenvalue weighted by molar-refractivity contribution is 5.94. The van der Waals surface area contributed by atoms with Crippen molar-refractivity contribution in [2.24, 2.45) is 0 Å². The maximum atomic E-state index is 12.7. The molecule has 1 saturated heterocycles. The molecule has 0 atom stereocenters. The molecule has 0 unspecified atom stereocenters. The van der Waals surface area contributed by atoms with Crippen LogP contribution in [0.4, 0.5) is 11.5 Å². The number of hydrogen-bond acceptors (Lipinski definition) is 4. The molecule has 0 saturated carbocycles. The highest BCUT2D eigenvalue weighted by atomic mass is 16.2. The van der Waals surface area contributed by atoms with Crippen LogP contribution in [-0.4, -0.2) is 55.1 Å². The van der Waals surface area contributed by atoms with Crippen molar-refractivity contribution in [1.29, 1.82) is 0 Å². The van der Waals surface area contributed by atoms with E-state index in [1.165, 1.54) is 0 Å². The van der Waals surface area contributed by atoms with E-state index < -0.39 is 0 Å². The second-order valence-electron chi connectivity index (χ2n) is 5.92. The van der Waals surface area contributed by atoms with Gasteiger partial charge in [0.2, 0.25) is 5.91 Å². The molecule has 5 nitrogen and oxygen atoms in total. The fourth-order valence-corrected chi connectivity index (χ4v) is 3.06. The van der Waals surface area contributed by atoms with Crippen molar-refractivity contribution >= 4 is 17.4 Å². The molecule has 3 rings (SSSR count). The van der Waals surface area contributed by atoms with Crippen LogP contribution in [0.15, 0.2) is 54.7 Å². The molecule has 1 aromatic carbocycles. The van der Waals surface area contributed by atoms with E-state index >= 15 is 0 Å². The molecule has 1 aromatic heterocycles. The van der Waals surface area contributed by atoms with Gasteiger partial charge in [-0.1, -0.05) is 24.3 Å². The van der Waals surface area contributed by atoms with Crippen LogP contribution < -0.4 is 9.80 Å². The van der Waals surface area contributed by atoms with Crippen molar-refractivity contribution in [2.75, 3.05) is 49.1 Å². The van der Waals surface area contributed by atoms with Crippen LogP contribution in [0.3, 0.4) is 0 Å². The first kappa shape index (κ1) is 16.5. The Kier molecular flexibility index (Phi) is 5.43. The van der Waals surface area contributed by atoms with Gasteiger partial charge in [0.15, 0.2) is 0 Å². The SMILES string of the molecule is CCN(C(=O)CN1CCN(c2ccccn2)CC1)c1ccccc1. The van der Waals surface area contributed by atoms with Gasteiger partial charge in [-0.15, -0.1) is 0 Å². The topological polar surface area (TPSA) is 39.7 Å². The Bertz CT molecular complexity index is 639. The molecule has 5 heteroatoms. The lowest BCUT2D eigenvalue weighted by atomic mass is 10.2. The number of nitrogens with zero attached hydrogens (tertiary/aromatic N) is 4. The van der Waals surface area contributed by atoms with Crippen molar-refractivity contribution in [3.63, 3.8) is 0 Å². The minimum Gasteiger partial charge on any atom is -0.354 e. The van der Waals surface area contributed by atoms with Gasteiger partial charge in [-0.3, -0.25) is 9.69 Å². The predicted molar refractivity (Wildman–Crippen MR) is 97.4 cm³/mol. The predicted octanol–water partition coefficient (Wildman–Crippen LogP) is 2.26. The Balaban J connectivity index is 1.55. The lowest BCUT2D eigenvalue weighted by Gasteiger charge is -2.35. The largest absolute Gasteiger partial charge is 0.354 e. The van der Waals surface area contributed by atoms with E-state index in [0.29, 0.717) is 13.1 Å². The molecule has 1 amide bonds. The highest BCUT2D eigenvalue weighted by Gasteiger charge is 2.22. The van der Waals surface area contributed by atoms with Crippen molar-refractivity contribution < 1.29 is 4.79 Å². The Morgan fingerprint density at radius 1 is 1.04 bits per heavy atom. The number of benzene rings is 1. The first-order chi connectivity index (χ1) is 11.8. The first-order valence-electron chi connectivity index (χ1n) is 8.51. The third-order valence-electron chi connectivity index (χ3n) is 4.39. The summed E-state index contributed by atoms with van der Waals surface area (Å²) in [5, 5.41) is 0. The number of amides is 1. The minimum atomic E-state index is 0.162. The number of rotatable bonds is 5. The molecule has 0 radical (unpaired) electrons. The van der Waals surface area contributed by atoms with Crippen LogP contribution in [0.25, 0.3) is 0 Å². The molecule has 24 heavy (non-hydrogen) atoms. The van der Waals surface area contributed by atoms with Crippen molar-refractivity contribution in [3.05, 3.63) is 54.7 Å². The number of pyridine rings is 1.